The lowest BCUT2D eigenvalue weighted by molar-refractivity contribution is 0.768. The van der Waals surface area contributed by atoms with Gasteiger partial charge in [-0.15, -0.1) is 22.7 Å². The third kappa shape index (κ3) is 11.3. The zero-order chi connectivity index (χ0) is 78.2. The molecule has 23 aromatic rings. The summed E-state index contributed by atoms with van der Waals surface area (Å²) in [5.74, 6) is 0. The van der Waals surface area contributed by atoms with Gasteiger partial charge in [0.05, 0.1) is 37.9 Å². The molecule has 554 valence electrons. The Morgan fingerprint density at radius 1 is 0.176 bits per heavy atom. The summed E-state index contributed by atoms with van der Waals surface area (Å²) in [6.07, 6.45) is 0. The van der Waals surface area contributed by atoms with Gasteiger partial charge in [-0.1, -0.05) is 309 Å². The first kappa shape index (κ1) is 68.6. The fraction of sp³-hybridized carbons (Fsp3) is 0.00870. The van der Waals surface area contributed by atoms with Crippen LogP contribution >= 0.6 is 22.7 Å². The van der Waals surface area contributed by atoms with Gasteiger partial charge < -0.3 is 9.13 Å². The van der Waals surface area contributed by atoms with E-state index in [-0.39, 0.29) is 0 Å². The van der Waals surface area contributed by atoms with Crippen LogP contribution in [0.2, 0.25) is 0 Å². The summed E-state index contributed by atoms with van der Waals surface area (Å²) >= 11 is 3.77. The molecule has 4 heterocycles. The lowest BCUT2D eigenvalue weighted by atomic mass is 9.67. The van der Waals surface area contributed by atoms with Gasteiger partial charge in [0.2, 0.25) is 0 Å². The van der Waals surface area contributed by atoms with E-state index in [4.69, 9.17) is 0 Å². The van der Waals surface area contributed by atoms with Crippen molar-refractivity contribution in [3.8, 4) is 123 Å². The van der Waals surface area contributed by atoms with Crippen molar-refractivity contribution in [1.82, 2.24) is 9.13 Å². The average molecular weight is 1550 g/mol. The van der Waals surface area contributed by atoms with Crippen molar-refractivity contribution in [3.63, 3.8) is 0 Å². The van der Waals surface area contributed by atoms with Crippen LogP contribution in [0.3, 0.4) is 0 Å². The van der Waals surface area contributed by atoms with Gasteiger partial charge in [0.1, 0.15) is 0 Å². The highest BCUT2D eigenvalue weighted by atomic mass is 32.1. The topological polar surface area (TPSA) is 9.86 Å². The molecule has 0 saturated heterocycles. The Morgan fingerprint density at radius 3 is 0.882 bits per heavy atom. The normalized spacial score (nSPS) is 12.4. The predicted molar refractivity (Wildman–Crippen MR) is 507 cm³/mol. The van der Waals surface area contributed by atoms with Crippen LogP contribution < -0.4 is 0 Å². The van der Waals surface area contributed by atoms with Crippen LogP contribution in [-0.2, 0) is 5.41 Å². The van der Waals surface area contributed by atoms with E-state index in [0.717, 1.165) is 33.5 Å². The molecule has 19 aromatic carbocycles. The van der Waals surface area contributed by atoms with E-state index in [1.54, 1.807) is 0 Å². The van der Waals surface area contributed by atoms with Gasteiger partial charge >= 0.3 is 0 Å². The number of hydrogen-bond donors (Lipinski definition) is 0. The van der Waals surface area contributed by atoms with Crippen LogP contribution in [0.5, 0.6) is 0 Å². The van der Waals surface area contributed by atoms with Crippen molar-refractivity contribution in [2.75, 3.05) is 0 Å². The highest BCUT2D eigenvalue weighted by molar-refractivity contribution is 7.26. The molecule has 0 atom stereocenters. The molecule has 0 bridgehead atoms. The molecule has 0 saturated carbocycles. The minimum atomic E-state index is -0.569. The summed E-state index contributed by atoms with van der Waals surface area (Å²) in [5.41, 5.74) is 35.4. The van der Waals surface area contributed by atoms with Crippen molar-refractivity contribution in [1.29, 1.82) is 0 Å². The average Bonchev–Trinajstić information content (AvgIpc) is 1.54. The molecule has 0 unspecified atom stereocenters. The van der Waals surface area contributed by atoms with Crippen LogP contribution in [0.1, 0.15) is 22.3 Å². The van der Waals surface area contributed by atoms with Crippen molar-refractivity contribution < 1.29 is 0 Å². The molecule has 0 N–H and O–H groups in total. The molecule has 0 amide bonds. The molecule has 4 heteroatoms. The fourth-order valence-corrected chi connectivity index (χ4v) is 21.9. The summed E-state index contributed by atoms with van der Waals surface area (Å²) in [6, 6.07) is 164. The zero-order valence-corrected chi connectivity index (χ0v) is 66.4. The molecule has 1 aliphatic rings. The van der Waals surface area contributed by atoms with Crippen LogP contribution in [0.25, 0.3) is 207 Å². The van der Waals surface area contributed by atoms with Gasteiger partial charge in [-0.3, -0.25) is 0 Å². The van der Waals surface area contributed by atoms with Crippen molar-refractivity contribution in [3.05, 3.63) is 459 Å². The van der Waals surface area contributed by atoms with E-state index in [1.165, 1.54) is 195 Å². The van der Waals surface area contributed by atoms with Gasteiger partial charge in [-0.05, 0) is 261 Å². The molecule has 0 aliphatic heterocycles. The number of nitrogens with zero attached hydrogens (tertiary/aromatic N) is 2. The van der Waals surface area contributed by atoms with Crippen LogP contribution in [0, 0.1) is 0 Å². The van der Waals surface area contributed by atoms with E-state index in [0.29, 0.717) is 0 Å². The van der Waals surface area contributed by atoms with Crippen LogP contribution in [0.4, 0.5) is 0 Å². The van der Waals surface area contributed by atoms with Crippen molar-refractivity contribution >= 4 is 107 Å². The molecule has 2 nitrogen and oxygen atoms in total. The molecule has 0 fully saturated rings. The van der Waals surface area contributed by atoms with E-state index >= 15 is 0 Å². The molecule has 4 aromatic heterocycles. The summed E-state index contributed by atoms with van der Waals surface area (Å²) in [5, 5.41) is 10.1. The second kappa shape index (κ2) is 27.7. The van der Waals surface area contributed by atoms with Gasteiger partial charge in [0.15, 0.2) is 0 Å². The molecule has 24 rings (SSSR count). The highest BCUT2D eigenvalue weighted by Crippen LogP contribution is 2.58. The Kier molecular flexibility index (Phi) is 16.0. The van der Waals surface area contributed by atoms with E-state index < -0.39 is 5.41 Å². The maximum atomic E-state index is 2.50. The number of fused-ring (bicyclic) bond motifs is 15. The number of thiophene rings is 2. The highest BCUT2D eigenvalue weighted by Gasteiger charge is 2.46. The van der Waals surface area contributed by atoms with Crippen LogP contribution in [0.15, 0.2) is 437 Å². The monoisotopic (exact) mass is 1540 g/mol. The predicted octanol–water partition coefficient (Wildman–Crippen LogP) is 32.0. The smallest absolute Gasteiger partial charge is 0.0713 e. The Balaban J connectivity index is 0.602. The summed E-state index contributed by atoms with van der Waals surface area (Å²) in [4.78, 5) is 0. The molecular formula is C115H72N2S2. The Labute approximate surface area is 697 Å². The third-order valence-corrected chi connectivity index (χ3v) is 27.5. The molecule has 119 heavy (non-hydrogen) atoms. The second-order valence-corrected chi connectivity index (χ2v) is 33.9. The standard InChI is InChI=1S/C115H72N2S2/c1-4-24-73(25-5-1)74-26-18-27-75(60-74)76-28-19-29-77(61-76)78-30-20-31-79(62-78)80-32-21-33-81(63-80)82-34-22-35-83(64-82)89-65-90(67-93(66-89)116-106-45-14-10-40-94(106)95-41-11-15-46-107(95)116)88-54-58-112-103(72-88)102-71-87(52-57-111(102)118-112)85-51-56-105-100(69-85)99-68-84(50-55-104(99)115(105,91-36-6-2-7-37-91)92-38-8-3-9-39-92)86-53-59-113-101(70-86)98-44-23-49-110(114(98)119-113)117-108-47-16-12-42-96(108)97-43-13-17-48-109(97)117/h1-72H. The molecule has 1 aliphatic carbocycles. The summed E-state index contributed by atoms with van der Waals surface area (Å²) < 4.78 is 10.0. The van der Waals surface area contributed by atoms with Crippen molar-refractivity contribution in [2.45, 2.75) is 5.41 Å². The number of benzene rings is 19. The quantitative estimate of drug-likeness (QED) is 0.109. The molecular weight excluding hydrogens is 1470 g/mol. The first-order chi connectivity index (χ1) is 58.9. The van der Waals surface area contributed by atoms with Gasteiger partial charge in [0, 0.05) is 62.9 Å². The summed E-state index contributed by atoms with van der Waals surface area (Å²) in [7, 11) is 0. The van der Waals surface area contributed by atoms with Gasteiger partial charge in [0.25, 0.3) is 0 Å². The number of para-hydroxylation sites is 4. The maximum Gasteiger partial charge on any atom is 0.0713 e. The van der Waals surface area contributed by atoms with Crippen molar-refractivity contribution in [2.24, 2.45) is 0 Å². The maximum absolute atomic E-state index is 2.50. The SMILES string of the molecule is c1ccc(-c2cccc(-c3cccc(-c4cccc(-c5cccc(-c6cccc(-c7cc(-c8ccc9sc%10ccc(-c%11ccc%12c(c%11)-c%11cc(-c%13ccc%14sc%15c(-n%16c%17ccccc%17c%17ccccc%17%16)cccc%15c%14c%13)ccc%11C%12(c%11ccccc%11)c%11ccccc%11)cc%10c9c8)cc(-n8c9ccccc9c9ccccc98)c7)c6)c5)c4)c3)c2)cc1. The van der Waals surface area contributed by atoms with Gasteiger partial charge in [-0.2, -0.15) is 0 Å². The minimum Gasteiger partial charge on any atom is -0.309 e. The lowest BCUT2D eigenvalue weighted by Gasteiger charge is -2.34. The zero-order valence-electron chi connectivity index (χ0n) is 64.8. The van der Waals surface area contributed by atoms with E-state index in [1.807, 2.05) is 22.7 Å². The number of rotatable bonds is 13. The Bertz CT molecular complexity index is 7900. The fourth-order valence-electron chi connectivity index (χ4n) is 19.6. The first-order valence-corrected chi connectivity index (χ1v) is 42.6. The van der Waals surface area contributed by atoms with Crippen LogP contribution in [-0.4, -0.2) is 9.13 Å². The number of aromatic nitrogens is 2. The minimum absolute atomic E-state index is 0.569. The Morgan fingerprint density at radius 2 is 0.462 bits per heavy atom. The Hall–Kier alpha value is -14.8. The largest absolute Gasteiger partial charge is 0.309 e. The second-order valence-electron chi connectivity index (χ2n) is 31.8. The molecule has 0 radical (unpaired) electrons. The van der Waals surface area contributed by atoms with E-state index in [2.05, 4.69) is 446 Å². The first-order valence-electron chi connectivity index (χ1n) is 41.0. The lowest BCUT2D eigenvalue weighted by Crippen LogP contribution is -2.28. The summed E-state index contributed by atoms with van der Waals surface area (Å²) in [6.45, 7) is 0. The van der Waals surface area contributed by atoms with E-state index in [9.17, 15) is 0 Å². The third-order valence-electron chi connectivity index (χ3n) is 25.2. The van der Waals surface area contributed by atoms with Gasteiger partial charge in [-0.25, -0.2) is 0 Å². The number of hydrogen-bond acceptors (Lipinski definition) is 2. The molecule has 0 spiro atoms.